The number of furan rings is 1. The van der Waals surface area contributed by atoms with Gasteiger partial charge in [0.25, 0.3) is 0 Å². The quantitative estimate of drug-likeness (QED) is 0.140. The third-order valence-electron chi connectivity index (χ3n) is 6.16. The van der Waals surface area contributed by atoms with Crippen molar-refractivity contribution in [3.63, 3.8) is 0 Å². The number of nitrogens with zero attached hydrogens (tertiary/aromatic N) is 1. The van der Waals surface area contributed by atoms with Gasteiger partial charge in [0.05, 0.1) is 13.0 Å². The van der Waals surface area contributed by atoms with Crippen LogP contribution in [0.1, 0.15) is 40.2 Å². The van der Waals surface area contributed by atoms with Crippen molar-refractivity contribution in [3.8, 4) is 11.1 Å². The molecule has 40 heavy (non-hydrogen) atoms. The van der Waals surface area contributed by atoms with Crippen LogP contribution in [-0.2, 0) is 24.1 Å². The zero-order valence-electron chi connectivity index (χ0n) is 22.4. The highest BCUT2D eigenvalue weighted by Gasteiger charge is 2.35. The van der Waals surface area contributed by atoms with Crippen LogP contribution in [0.25, 0.3) is 11.1 Å². The second-order valence-electron chi connectivity index (χ2n) is 9.60. The molecular weight excluding hydrogens is 555 g/mol. The number of benzene rings is 3. The number of aryl methyl sites for hydroxylation is 3. The highest BCUT2D eigenvalue weighted by molar-refractivity contribution is 7.99. The van der Waals surface area contributed by atoms with E-state index in [9.17, 15) is 18.0 Å². The number of carboxylic acids is 1. The lowest BCUT2D eigenvalue weighted by Crippen LogP contribution is -2.15. The fourth-order valence-corrected chi connectivity index (χ4v) is 6.34. The molecule has 4 nitrogen and oxygen atoms in total. The average molecular weight is 586 g/mol. The van der Waals surface area contributed by atoms with Crippen molar-refractivity contribution in [2.24, 2.45) is 0 Å². The van der Waals surface area contributed by atoms with E-state index in [1.165, 1.54) is 29.8 Å². The van der Waals surface area contributed by atoms with Gasteiger partial charge in [0.1, 0.15) is 5.76 Å². The molecule has 0 saturated carbocycles. The number of hydrogen-bond donors (Lipinski definition) is 1. The minimum absolute atomic E-state index is 0.106. The van der Waals surface area contributed by atoms with Gasteiger partial charge in [-0.3, -0.25) is 4.79 Å². The maximum atomic E-state index is 13.1. The summed E-state index contributed by atoms with van der Waals surface area (Å²) in [6, 6.07) is 22.6. The lowest BCUT2D eigenvalue weighted by Gasteiger charge is -2.23. The number of carboxylic acid groups (broad SMARTS) is 1. The fourth-order valence-electron chi connectivity index (χ4n) is 4.38. The average Bonchev–Trinajstić information content (AvgIpc) is 3.36. The van der Waals surface area contributed by atoms with Crippen molar-refractivity contribution in [2.45, 2.75) is 56.2 Å². The summed E-state index contributed by atoms with van der Waals surface area (Å²) >= 11 is 3.02. The van der Waals surface area contributed by atoms with Gasteiger partial charge in [-0.25, -0.2) is 4.31 Å². The number of rotatable bonds is 11. The minimum Gasteiger partial charge on any atom is -0.481 e. The lowest BCUT2D eigenvalue weighted by atomic mass is 10.0. The summed E-state index contributed by atoms with van der Waals surface area (Å²) < 4.78 is 46.6. The molecule has 0 amide bonds. The molecule has 1 heterocycles. The predicted octanol–water partition coefficient (Wildman–Crippen LogP) is 9.17. The van der Waals surface area contributed by atoms with Crippen molar-refractivity contribution in [2.75, 3.05) is 5.75 Å². The van der Waals surface area contributed by atoms with Gasteiger partial charge >= 0.3 is 12.1 Å². The molecule has 0 bridgehead atoms. The number of halogens is 3. The highest BCUT2D eigenvalue weighted by atomic mass is 32.2. The van der Waals surface area contributed by atoms with Gasteiger partial charge in [0, 0.05) is 22.1 Å². The monoisotopic (exact) mass is 585 g/mol. The van der Waals surface area contributed by atoms with E-state index in [1.807, 2.05) is 73.6 Å². The SMILES string of the molecule is Cc1cc(C)c(SN(Cc2ccc(-c3cccc(SCCC(=O)O)c3)cc2)Cc2ccc(C(F)(F)F)o2)c(C)c1. The van der Waals surface area contributed by atoms with Crippen LogP contribution in [0, 0.1) is 20.8 Å². The van der Waals surface area contributed by atoms with Crippen molar-refractivity contribution < 1.29 is 27.5 Å². The van der Waals surface area contributed by atoms with Crippen molar-refractivity contribution in [1.29, 1.82) is 0 Å². The van der Waals surface area contributed by atoms with Crippen LogP contribution >= 0.6 is 23.7 Å². The summed E-state index contributed by atoms with van der Waals surface area (Å²) in [7, 11) is 0. The predicted molar refractivity (Wildman–Crippen MR) is 154 cm³/mol. The maximum Gasteiger partial charge on any atom is 0.449 e. The molecule has 0 unspecified atom stereocenters. The molecule has 9 heteroatoms. The molecule has 210 valence electrons. The Kier molecular flexibility index (Phi) is 9.71. The molecule has 0 radical (unpaired) electrons. The van der Waals surface area contributed by atoms with Gasteiger partial charge in [-0.15, -0.1) is 11.8 Å². The van der Waals surface area contributed by atoms with Gasteiger partial charge in [-0.2, -0.15) is 13.2 Å². The van der Waals surface area contributed by atoms with Crippen molar-refractivity contribution in [1.82, 2.24) is 4.31 Å². The zero-order valence-corrected chi connectivity index (χ0v) is 24.1. The first-order valence-corrected chi connectivity index (χ1v) is 14.4. The van der Waals surface area contributed by atoms with Gasteiger partial charge in [0.15, 0.2) is 0 Å². The Morgan fingerprint density at radius 1 is 0.900 bits per heavy atom. The smallest absolute Gasteiger partial charge is 0.449 e. The molecule has 0 fully saturated rings. The van der Waals surface area contributed by atoms with Crippen LogP contribution in [0.3, 0.4) is 0 Å². The molecule has 0 aliphatic heterocycles. The minimum atomic E-state index is -4.53. The number of aliphatic carboxylic acids is 1. The number of thioether (sulfide) groups is 1. The standard InChI is InChI=1S/C31H30F3NO3S2/c1-20-15-21(2)30(22(3)16-20)40-35(19-26-11-12-28(38-26)31(32,33)34)18-23-7-9-24(10-8-23)25-5-4-6-27(17-25)39-14-13-29(36)37/h4-12,15-17H,13-14,18-19H2,1-3H3,(H,36,37). The number of hydrogen-bond acceptors (Lipinski definition) is 5. The Bertz CT molecular complexity index is 1440. The summed E-state index contributed by atoms with van der Waals surface area (Å²) in [4.78, 5) is 12.9. The van der Waals surface area contributed by atoms with E-state index in [4.69, 9.17) is 9.52 Å². The first-order valence-electron chi connectivity index (χ1n) is 12.7. The topological polar surface area (TPSA) is 53.7 Å². The van der Waals surface area contributed by atoms with Crippen LogP contribution in [0.2, 0.25) is 0 Å². The highest BCUT2D eigenvalue weighted by Crippen LogP contribution is 2.35. The van der Waals surface area contributed by atoms with Crippen LogP contribution in [0.15, 0.2) is 87.0 Å². The molecule has 4 rings (SSSR count). The molecule has 0 aliphatic rings. The fraction of sp³-hybridized carbons (Fsp3) is 0.258. The summed E-state index contributed by atoms with van der Waals surface area (Å²) in [6.45, 7) is 6.81. The van der Waals surface area contributed by atoms with E-state index in [1.54, 1.807) is 0 Å². The largest absolute Gasteiger partial charge is 0.481 e. The molecule has 3 aromatic carbocycles. The summed E-state index contributed by atoms with van der Waals surface area (Å²) in [5.41, 5.74) is 6.44. The van der Waals surface area contributed by atoms with E-state index in [0.29, 0.717) is 12.3 Å². The summed E-state index contributed by atoms with van der Waals surface area (Å²) in [5.74, 6) is -1.06. The van der Waals surface area contributed by atoms with Crippen molar-refractivity contribution in [3.05, 3.63) is 107 Å². The van der Waals surface area contributed by atoms with Gasteiger partial charge in [0.2, 0.25) is 5.76 Å². The van der Waals surface area contributed by atoms with Crippen LogP contribution < -0.4 is 0 Å². The third-order valence-corrected chi connectivity index (χ3v) is 8.50. The Morgan fingerprint density at radius 3 is 2.23 bits per heavy atom. The van der Waals surface area contributed by atoms with Gasteiger partial charge < -0.3 is 9.52 Å². The van der Waals surface area contributed by atoms with Gasteiger partial charge in [-0.1, -0.05) is 54.1 Å². The van der Waals surface area contributed by atoms with Crippen molar-refractivity contribution >= 4 is 29.7 Å². The van der Waals surface area contributed by atoms with E-state index >= 15 is 0 Å². The molecule has 1 N–H and O–H groups in total. The van der Waals surface area contributed by atoms with Crippen LogP contribution in [0.4, 0.5) is 13.2 Å². The van der Waals surface area contributed by atoms with Gasteiger partial charge in [-0.05, 0) is 84.8 Å². The Labute approximate surface area is 240 Å². The van der Waals surface area contributed by atoms with E-state index in [-0.39, 0.29) is 18.7 Å². The first-order chi connectivity index (χ1) is 19.0. The second-order valence-corrected chi connectivity index (χ2v) is 11.9. The summed E-state index contributed by atoms with van der Waals surface area (Å²) in [5, 5.41) is 8.88. The molecule has 4 aromatic rings. The maximum absolute atomic E-state index is 13.1. The third kappa shape index (κ3) is 8.19. The zero-order chi connectivity index (χ0) is 28.9. The molecule has 1 aromatic heterocycles. The van der Waals surface area contributed by atoms with Crippen LogP contribution in [0.5, 0.6) is 0 Å². The Morgan fingerprint density at radius 2 is 1.60 bits per heavy atom. The summed E-state index contributed by atoms with van der Waals surface area (Å²) in [6.07, 6.45) is -4.42. The first kappa shape index (κ1) is 29.8. The molecular formula is C31H30F3NO3S2. The van der Waals surface area contributed by atoms with E-state index in [2.05, 4.69) is 12.1 Å². The van der Waals surface area contributed by atoms with Crippen LogP contribution in [-0.4, -0.2) is 21.1 Å². The molecule has 0 atom stereocenters. The normalized spacial score (nSPS) is 11.8. The van der Waals surface area contributed by atoms with E-state index in [0.717, 1.165) is 49.2 Å². The number of alkyl halides is 3. The molecule has 0 spiro atoms. The number of carbonyl (C=O) groups is 1. The van der Waals surface area contributed by atoms with E-state index < -0.39 is 17.9 Å². The lowest BCUT2D eigenvalue weighted by molar-refractivity contribution is -0.153. The molecule has 0 saturated heterocycles. The Balaban J connectivity index is 1.53. The second kappa shape index (κ2) is 13.0. The molecule has 0 aliphatic carbocycles. The Hall–Kier alpha value is -3.14.